The van der Waals surface area contributed by atoms with Crippen LogP contribution in [0.3, 0.4) is 0 Å². The van der Waals surface area contributed by atoms with E-state index in [1.165, 1.54) is 12.0 Å². The van der Waals surface area contributed by atoms with E-state index in [9.17, 15) is 29.1 Å². The molecule has 42 heavy (non-hydrogen) atoms. The maximum absolute atomic E-state index is 13.9. The van der Waals surface area contributed by atoms with E-state index >= 15 is 0 Å². The molecule has 4 aliphatic rings. The molecule has 10 nitrogen and oxygen atoms in total. The molecule has 2 heterocycles. The summed E-state index contributed by atoms with van der Waals surface area (Å²) >= 11 is 19.6. The molecule has 0 bridgehead atoms. The fourth-order valence-corrected chi connectivity index (χ4v) is 9.10. The lowest BCUT2D eigenvalue weighted by Gasteiger charge is -2.50. The van der Waals surface area contributed by atoms with E-state index in [-0.39, 0.29) is 54.6 Å². The minimum absolute atomic E-state index is 0.0149. The summed E-state index contributed by atoms with van der Waals surface area (Å²) in [6.07, 6.45) is 3.45. The number of carbonyl (C=O) groups excluding carboxylic acids is 4. The smallest absolute Gasteiger partial charge is 0.303 e. The zero-order valence-electron chi connectivity index (χ0n) is 22.4. The largest absolute Gasteiger partial charge is 0.504 e. The molecule has 2 aliphatic carbocycles. The summed E-state index contributed by atoms with van der Waals surface area (Å²) in [5.74, 6) is -5.95. The molecule has 3 fully saturated rings. The van der Waals surface area contributed by atoms with Crippen LogP contribution in [0.15, 0.2) is 23.8 Å². The number of carboxylic acids is 1. The average Bonchev–Trinajstić information content (AvgIpc) is 3.27. The Labute approximate surface area is 274 Å². The van der Waals surface area contributed by atoms with Gasteiger partial charge in [-0.3, -0.25) is 33.8 Å². The molecule has 5 rings (SSSR count). The number of carboxylic acid groups (broad SMARTS) is 1. The Balaban J connectivity index is 1.57. The van der Waals surface area contributed by atoms with Crippen LogP contribution < -0.4 is 4.74 Å². The van der Waals surface area contributed by atoms with Gasteiger partial charge in [-0.2, -0.15) is 0 Å². The lowest BCUT2D eigenvalue weighted by atomic mass is 9.56. The molecule has 2 N–H and O–H groups in total. The first-order chi connectivity index (χ1) is 19.8. The summed E-state index contributed by atoms with van der Waals surface area (Å²) in [6.45, 7) is 0.170. The topological polar surface area (TPSA) is 142 Å². The third kappa shape index (κ3) is 4.57. The van der Waals surface area contributed by atoms with Crippen LogP contribution in [0.25, 0.3) is 0 Å². The van der Waals surface area contributed by atoms with Crippen LogP contribution in [0.5, 0.6) is 11.5 Å². The predicted molar refractivity (Wildman–Crippen MR) is 164 cm³/mol. The highest BCUT2D eigenvalue weighted by molar-refractivity contribution is 14.1. The van der Waals surface area contributed by atoms with Crippen LogP contribution in [0.4, 0.5) is 0 Å². The zero-order chi connectivity index (χ0) is 30.7. The van der Waals surface area contributed by atoms with Crippen molar-refractivity contribution in [1.29, 1.82) is 0 Å². The number of methoxy groups -OCH3 is 1. The van der Waals surface area contributed by atoms with Crippen LogP contribution in [-0.4, -0.2) is 78.5 Å². The second-order valence-electron chi connectivity index (χ2n) is 11.1. The number of likely N-dealkylation sites (tertiary alicyclic amines) is 2. The van der Waals surface area contributed by atoms with Crippen molar-refractivity contribution in [3.63, 3.8) is 0 Å². The molecule has 6 atom stereocenters. The molecule has 0 spiro atoms. The Morgan fingerprint density at radius 2 is 1.81 bits per heavy atom. The minimum atomic E-state index is -1.95. The molecule has 2 saturated heterocycles. The Morgan fingerprint density at radius 1 is 1.10 bits per heavy atom. The number of unbranched alkanes of at least 4 members (excludes halogenated alkanes) is 2. The fraction of sp³-hybridized carbons (Fsp3) is 0.536. The normalized spacial score (nSPS) is 32.1. The quantitative estimate of drug-likeness (QED) is 0.0939. The molecular weight excluding hydrogens is 770 g/mol. The number of alkyl halides is 3. The van der Waals surface area contributed by atoms with Crippen molar-refractivity contribution >= 4 is 91.3 Å². The summed E-state index contributed by atoms with van der Waals surface area (Å²) in [4.78, 5) is 64.0. The van der Waals surface area contributed by atoms with Gasteiger partial charge in [-0.25, -0.2) is 0 Å². The highest BCUT2D eigenvalue weighted by Gasteiger charge is 2.76. The summed E-state index contributed by atoms with van der Waals surface area (Å²) in [6, 6.07) is 3.21. The van der Waals surface area contributed by atoms with Crippen molar-refractivity contribution in [2.45, 2.75) is 54.2 Å². The number of rotatable bonds is 9. The van der Waals surface area contributed by atoms with Crippen molar-refractivity contribution < 1.29 is 38.9 Å². The summed E-state index contributed by atoms with van der Waals surface area (Å²) in [5.41, 5.74) is 1.00. The number of aliphatic carboxylic acids is 1. The summed E-state index contributed by atoms with van der Waals surface area (Å²) < 4.78 is 5.80. The van der Waals surface area contributed by atoms with Crippen LogP contribution >= 0.6 is 61.7 Å². The number of nitrogens with zero attached hydrogens (tertiary/aromatic N) is 2. The van der Waals surface area contributed by atoms with Gasteiger partial charge in [0.1, 0.15) is 0 Å². The highest BCUT2D eigenvalue weighted by atomic mass is 127. The van der Waals surface area contributed by atoms with E-state index < -0.39 is 51.2 Å². The fourth-order valence-electron chi connectivity index (χ4n) is 7.05. The van der Waals surface area contributed by atoms with Gasteiger partial charge in [0.15, 0.2) is 21.2 Å². The van der Waals surface area contributed by atoms with Crippen LogP contribution in [0.2, 0.25) is 0 Å². The van der Waals surface area contributed by atoms with Crippen molar-refractivity contribution in [1.82, 2.24) is 9.80 Å². The minimum Gasteiger partial charge on any atom is -0.504 e. The number of benzene rings is 1. The third-order valence-corrected chi connectivity index (χ3v) is 11.7. The van der Waals surface area contributed by atoms with Gasteiger partial charge in [0.25, 0.3) is 11.8 Å². The van der Waals surface area contributed by atoms with E-state index in [0.717, 1.165) is 4.90 Å². The van der Waals surface area contributed by atoms with E-state index in [0.29, 0.717) is 34.0 Å². The Kier molecular flexibility index (Phi) is 8.67. The van der Waals surface area contributed by atoms with Gasteiger partial charge in [0.05, 0.1) is 28.0 Å². The number of allylic oxidation sites excluding steroid dienone is 2. The zero-order valence-corrected chi connectivity index (χ0v) is 27.7. The first kappa shape index (κ1) is 31.5. The number of carbonyl (C=O) groups is 5. The number of phenolic OH excluding ortho intramolecular Hbond substituents is 1. The first-order valence-electron chi connectivity index (χ1n) is 13.5. The highest BCUT2D eigenvalue weighted by Crippen LogP contribution is 2.65. The molecule has 0 radical (unpaired) electrons. The Bertz CT molecular complexity index is 1420. The molecule has 2 aliphatic heterocycles. The summed E-state index contributed by atoms with van der Waals surface area (Å²) in [5, 5.41) is 19.4. The molecule has 226 valence electrons. The number of hydrogen-bond acceptors (Lipinski definition) is 7. The van der Waals surface area contributed by atoms with Crippen LogP contribution in [-0.2, 0) is 24.0 Å². The Hall–Kier alpha value is -1.90. The van der Waals surface area contributed by atoms with Gasteiger partial charge in [0, 0.05) is 18.9 Å². The van der Waals surface area contributed by atoms with Gasteiger partial charge in [-0.15, -0.1) is 23.2 Å². The number of halogens is 4. The predicted octanol–water partition coefficient (Wildman–Crippen LogP) is 4.36. The number of hydrogen-bond donors (Lipinski definition) is 2. The Morgan fingerprint density at radius 3 is 2.45 bits per heavy atom. The number of aromatic hydroxyl groups is 1. The molecule has 0 unspecified atom stereocenters. The monoisotopic (exact) mass is 796 g/mol. The van der Waals surface area contributed by atoms with Crippen molar-refractivity contribution in [3.05, 3.63) is 32.9 Å². The SMILES string of the molecule is COc1cc([C@H]2C3=CC[C@@H]4C(=O)N(CCCCCC(=O)O)C(=O)[C@@H]4[C@@H]3C[C@@]3(Cl)C(=O)N(CBr)C(=O)[C@@]23Cl)cc(I)c1O. The second-order valence-corrected chi connectivity index (χ2v) is 14.0. The number of fused-ring (bicyclic) bond motifs is 4. The molecule has 1 aromatic rings. The van der Waals surface area contributed by atoms with E-state index in [4.69, 9.17) is 33.0 Å². The van der Waals surface area contributed by atoms with Crippen LogP contribution in [0, 0.1) is 21.3 Å². The maximum atomic E-state index is 13.9. The number of ether oxygens (including phenoxy) is 1. The van der Waals surface area contributed by atoms with Gasteiger partial charge in [-0.1, -0.05) is 34.0 Å². The van der Waals surface area contributed by atoms with E-state index in [1.807, 2.05) is 28.7 Å². The molecule has 1 saturated carbocycles. The third-order valence-electron chi connectivity index (χ3n) is 8.98. The number of phenols is 1. The van der Waals surface area contributed by atoms with Crippen molar-refractivity contribution in [3.8, 4) is 11.5 Å². The van der Waals surface area contributed by atoms with Gasteiger partial charge in [0.2, 0.25) is 11.8 Å². The molecule has 14 heteroatoms. The van der Waals surface area contributed by atoms with Gasteiger partial charge >= 0.3 is 5.97 Å². The molecular formula is C28H28BrCl2IN2O8. The standard InChI is InChI=1S/C28H28BrCl2IN2O8/c1-42-18-10-13(9-17(32)22(18)37)21-14-6-7-15-20(24(39)33(23(15)38)8-4-2-3-5-19(35)36)16(14)11-27(30)25(40)34(12-29)26(41)28(21,27)31/h6,9-10,15-16,20-21,37H,2-5,7-8,11-12H2,1H3,(H,35,36)/t15-,16+,20-,21-,27+,28-/m0/s1. The summed E-state index contributed by atoms with van der Waals surface area (Å²) in [7, 11) is 1.39. The van der Waals surface area contributed by atoms with Gasteiger partial charge < -0.3 is 14.9 Å². The number of amides is 4. The molecule has 0 aromatic heterocycles. The van der Waals surface area contributed by atoms with E-state index in [1.54, 1.807) is 12.1 Å². The lowest BCUT2D eigenvalue weighted by Crippen LogP contribution is -2.60. The van der Waals surface area contributed by atoms with Crippen molar-refractivity contribution in [2.75, 3.05) is 19.1 Å². The van der Waals surface area contributed by atoms with Gasteiger partial charge in [-0.05, 0) is 71.9 Å². The van der Waals surface area contributed by atoms with E-state index in [2.05, 4.69) is 15.9 Å². The first-order valence-corrected chi connectivity index (χ1v) is 16.4. The van der Waals surface area contributed by atoms with Crippen molar-refractivity contribution in [2.24, 2.45) is 17.8 Å². The second kappa shape index (κ2) is 11.6. The molecule has 4 amide bonds. The average molecular weight is 798 g/mol. The molecule has 1 aromatic carbocycles. The lowest BCUT2D eigenvalue weighted by molar-refractivity contribution is -0.141. The maximum Gasteiger partial charge on any atom is 0.303 e. The number of imide groups is 2. The van der Waals surface area contributed by atoms with Crippen LogP contribution in [0.1, 0.15) is 50.0 Å².